The molecule has 14 nitrogen and oxygen atoms in total. The van der Waals surface area contributed by atoms with Gasteiger partial charge in [0.1, 0.15) is 23.9 Å². The van der Waals surface area contributed by atoms with Crippen LogP contribution in [-0.4, -0.2) is 77.1 Å². The van der Waals surface area contributed by atoms with Gasteiger partial charge in [0, 0.05) is 6.54 Å². The molecule has 1 rings (SSSR count). The predicted octanol–water partition coefficient (Wildman–Crippen LogP) is -1.36. The van der Waals surface area contributed by atoms with Crippen molar-refractivity contribution in [1.82, 2.24) is 16.0 Å². The molecule has 4 unspecified atom stereocenters. The van der Waals surface area contributed by atoms with Crippen LogP contribution in [0.4, 0.5) is 0 Å². The number of hydrogen-bond acceptors (Lipinski definition) is 8. The molecule has 0 bridgehead atoms. The lowest BCUT2D eigenvalue weighted by Gasteiger charge is -2.26. The van der Waals surface area contributed by atoms with Gasteiger partial charge in [-0.1, -0.05) is 26.0 Å². The van der Waals surface area contributed by atoms with Crippen LogP contribution in [0.3, 0.4) is 0 Å². The molecule has 0 aliphatic heterocycles. The topological polar surface area (TPSA) is 261 Å². The number of carbonyl (C=O) groups is 4. The lowest BCUT2D eigenvalue weighted by atomic mass is 10.0. The maximum absolute atomic E-state index is 13.3. The van der Waals surface area contributed by atoms with Crippen LogP contribution >= 0.6 is 0 Å². The van der Waals surface area contributed by atoms with Gasteiger partial charge in [-0.3, -0.25) is 19.4 Å². The fourth-order valence-electron chi connectivity index (χ4n) is 3.83. The van der Waals surface area contributed by atoms with Crippen molar-refractivity contribution in [3.63, 3.8) is 0 Å². The van der Waals surface area contributed by atoms with Gasteiger partial charge in [-0.05, 0) is 68.7 Å². The third-order valence-electron chi connectivity index (χ3n) is 6.12. The molecule has 1 aromatic carbocycles. The van der Waals surface area contributed by atoms with E-state index in [0.29, 0.717) is 31.4 Å². The summed E-state index contributed by atoms with van der Waals surface area (Å²) < 4.78 is 0. The molecule has 3 amide bonds. The summed E-state index contributed by atoms with van der Waals surface area (Å²) in [4.78, 5) is 54.7. The standard InChI is InChI=1S/C26H44N8O6/c1-15(2)21(25(39)40)34-24(38)19(6-3-4-12-27)33-23(37)20(7-5-13-31-26(29)30)32-22(36)18(28)14-16-8-10-17(35)11-9-16/h8-11,15,18-21,35H,3-7,12-14,27-28H2,1-2H3,(H,32,36)(H,33,37)(H,34,38)(H,39,40)(H4,29,30,31). The maximum atomic E-state index is 13.3. The van der Waals surface area contributed by atoms with Crippen molar-refractivity contribution >= 4 is 29.7 Å². The van der Waals surface area contributed by atoms with Gasteiger partial charge < -0.3 is 49.1 Å². The second-order valence-electron chi connectivity index (χ2n) is 9.90. The smallest absolute Gasteiger partial charge is 0.326 e. The van der Waals surface area contributed by atoms with Crippen LogP contribution in [0.1, 0.15) is 51.5 Å². The quantitative estimate of drug-likeness (QED) is 0.0574. The molecule has 0 saturated heterocycles. The first-order valence-corrected chi connectivity index (χ1v) is 13.3. The molecule has 14 heteroatoms. The van der Waals surface area contributed by atoms with E-state index >= 15 is 0 Å². The van der Waals surface area contributed by atoms with Gasteiger partial charge in [0.15, 0.2) is 5.96 Å². The van der Waals surface area contributed by atoms with E-state index in [9.17, 15) is 29.4 Å². The average molecular weight is 565 g/mol. The number of aromatic hydroxyl groups is 1. The Morgan fingerprint density at radius 1 is 0.875 bits per heavy atom. The van der Waals surface area contributed by atoms with Crippen molar-refractivity contribution < 1.29 is 29.4 Å². The van der Waals surface area contributed by atoms with Gasteiger partial charge in [-0.2, -0.15) is 0 Å². The predicted molar refractivity (Wildman–Crippen MR) is 151 cm³/mol. The van der Waals surface area contributed by atoms with Gasteiger partial charge in [-0.15, -0.1) is 0 Å². The zero-order valence-electron chi connectivity index (χ0n) is 23.1. The number of nitrogens with zero attached hydrogens (tertiary/aromatic N) is 1. The summed E-state index contributed by atoms with van der Waals surface area (Å²) in [6, 6.07) is 1.95. The number of amides is 3. The number of hydrogen-bond donors (Lipinski definition) is 9. The lowest BCUT2D eigenvalue weighted by Crippen LogP contribution is -2.57. The number of phenolic OH excluding ortho intramolecular Hbond substituents is 1. The van der Waals surface area contributed by atoms with Crippen LogP contribution in [0.15, 0.2) is 29.3 Å². The number of rotatable bonds is 18. The molecule has 0 aromatic heterocycles. The number of unbranched alkanes of at least 4 members (excludes halogenated alkanes) is 1. The molecule has 0 heterocycles. The van der Waals surface area contributed by atoms with Crippen molar-refractivity contribution in [1.29, 1.82) is 0 Å². The number of carboxylic acid groups (broad SMARTS) is 1. The summed E-state index contributed by atoms with van der Waals surface area (Å²) in [6.07, 6.45) is 1.95. The zero-order chi connectivity index (χ0) is 30.2. The van der Waals surface area contributed by atoms with Crippen LogP contribution in [0.2, 0.25) is 0 Å². The Labute approximate surface area is 234 Å². The van der Waals surface area contributed by atoms with Gasteiger partial charge in [-0.25, -0.2) is 4.79 Å². The Kier molecular flexibility index (Phi) is 15.0. The summed E-state index contributed by atoms with van der Waals surface area (Å²) in [5.74, 6) is -3.50. The van der Waals surface area contributed by atoms with Crippen molar-refractivity contribution in [2.75, 3.05) is 13.1 Å². The lowest BCUT2D eigenvalue weighted by molar-refractivity contribution is -0.143. The minimum absolute atomic E-state index is 0.0763. The van der Waals surface area contributed by atoms with Crippen molar-refractivity contribution in [2.45, 2.75) is 76.5 Å². The van der Waals surface area contributed by atoms with Gasteiger partial charge in [0.2, 0.25) is 17.7 Å². The van der Waals surface area contributed by atoms with E-state index in [1.807, 2.05) is 0 Å². The second-order valence-corrected chi connectivity index (χ2v) is 9.90. The molecular formula is C26H44N8O6. The highest BCUT2D eigenvalue weighted by atomic mass is 16.4. The number of phenols is 1. The highest BCUT2D eigenvalue weighted by Crippen LogP contribution is 2.12. The second kappa shape index (κ2) is 17.6. The summed E-state index contributed by atoms with van der Waals surface area (Å²) in [5.41, 5.74) is 23.1. The first kappa shape index (κ1) is 34.1. The highest BCUT2D eigenvalue weighted by Gasteiger charge is 2.31. The summed E-state index contributed by atoms with van der Waals surface area (Å²) in [5, 5.41) is 26.7. The van der Waals surface area contributed by atoms with Crippen molar-refractivity contribution in [3.05, 3.63) is 29.8 Å². The molecule has 0 saturated carbocycles. The summed E-state index contributed by atoms with van der Waals surface area (Å²) in [6.45, 7) is 3.90. The van der Waals surface area contributed by atoms with Crippen LogP contribution < -0.4 is 38.9 Å². The number of benzene rings is 1. The van der Waals surface area contributed by atoms with Crippen LogP contribution in [0.25, 0.3) is 0 Å². The van der Waals surface area contributed by atoms with E-state index in [0.717, 1.165) is 0 Å². The van der Waals surface area contributed by atoms with Crippen LogP contribution in [-0.2, 0) is 25.6 Å². The van der Waals surface area contributed by atoms with Gasteiger partial charge in [0.25, 0.3) is 0 Å². The minimum atomic E-state index is -1.19. The fraction of sp³-hybridized carbons (Fsp3) is 0.577. The minimum Gasteiger partial charge on any atom is -0.508 e. The Hall–Kier alpha value is -3.91. The third kappa shape index (κ3) is 12.8. The number of carboxylic acids is 1. The number of aliphatic imine (C=N–C) groups is 1. The molecule has 0 aliphatic rings. The molecule has 13 N–H and O–H groups in total. The molecule has 0 fully saturated rings. The Balaban J connectivity index is 3.04. The van der Waals surface area contributed by atoms with E-state index in [1.165, 1.54) is 12.1 Å². The number of carbonyl (C=O) groups excluding carboxylic acids is 3. The number of aliphatic carboxylic acids is 1. The van der Waals surface area contributed by atoms with E-state index in [2.05, 4.69) is 20.9 Å². The summed E-state index contributed by atoms with van der Waals surface area (Å²) in [7, 11) is 0. The molecule has 0 spiro atoms. The average Bonchev–Trinajstić information content (AvgIpc) is 2.88. The third-order valence-corrected chi connectivity index (χ3v) is 6.12. The Morgan fingerprint density at radius 3 is 1.95 bits per heavy atom. The molecule has 0 aliphatic carbocycles. The molecule has 40 heavy (non-hydrogen) atoms. The first-order valence-electron chi connectivity index (χ1n) is 13.3. The van der Waals surface area contributed by atoms with Crippen LogP contribution in [0, 0.1) is 5.92 Å². The SMILES string of the molecule is CC(C)C(NC(=O)C(CCCCN)NC(=O)C(CCCN=C(N)N)NC(=O)C(N)Cc1ccc(O)cc1)C(=O)O. The fourth-order valence-corrected chi connectivity index (χ4v) is 3.83. The van der Waals surface area contributed by atoms with E-state index < -0.39 is 47.9 Å². The Bertz CT molecular complexity index is 997. The monoisotopic (exact) mass is 564 g/mol. The van der Waals surface area contributed by atoms with E-state index in [-0.39, 0.29) is 43.4 Å². The van der Waals surface area contributed by atoms with E-state index in [4.69, 9.17) is 22.9 Å². The number of nitrogens with one attached hydrogen (secondary N) is 3. The molecule has 4 atom stereocenters. The van der Waals surface area contributed by atoms with E-state index in [1.54, 1.807) is 26.0 Å². The van der Waals surface area contributed by atoms with Crippen LogP contribution in [0.5, 0.6) is 5.75 Å². The largest absolute Gasteiger partial charge is 0.508 e. The van der Waals surface area contributed by atoms with Crippen molar-refractivity contribution in [3.8, 4) is 5.75 Å². The first-order chi connectivity index (χ1) is 18.8. The van der Waals surface area contributed by atoms with Gasteiger partial charge in [0.05, 0.1) is 6.04 Å². The van der Waals surface area contributed by atoms with Gasteiger partial charge >= 0.3 is 5.97 Å². The molecule has 224 valence electrons. The number of nitrogens with two attached hydrogens (primary N) is 4. The normalized spacial score (nSPS) is 13.9. The Morgan fingerprint density at radius 2 is 1.43 bits per heavy atom. The zero-order valence-corrected chi connectivity index (χ0v) is 23.1. The maximum Gasteiger partial charge on any atom is 0.326 e. The molecular weight excluding hydrogens is 520 g/mol. The number of guanidine groups is 1. The molecule has 1 aromatic rings. The molecule has 0 radical (unpaired) electrons. The summed E-state index contributed by atoms with van der Waals surface area (Å²) >= 11 is 0. The highest BCUT2D eigenvalue weighted by molar-refractivity contribution is 5.94. The van der Waals surface area contributed by atoms with Crippen molar-refractivity contribution in [2.24, 2.45) is 33.8 Å².